The smallest absolute Gasteiger partial charge is 0.328 e. The van der Waals surface area contributed by atoms with E-state index in [0.29, 0.717) is 11.6 Å². The van der Waals surface area contributed by atoms with Gasteiger partial charge in [-0.25, -0.2) is 14.8 Å². The Kier molecular flexibility index (Phi) is 6.57. The van der Waals surface area contributed by atoms with E-state index in [9.17, 15) is 9.59 Å². The molecule has 6 nitrogen and oxygen atoms in total. The van der Waals surface area contributed by atoms with Crippen LogP contribution < -0.4 is 5.32 Å². The largest absolute Gasteiger partial charge is 0.467 e. The molecule has 0 saturated heterocycles. The summed E-state index contributed by atoms with van der Waals surface area (Å²) in [4.78, 5) is 32.5. The van der Waals surface area contributed by atoms with Gasteiger partial charge in [0.05, 0.1) is 18.3 Å². The fraction of sp³-hybridized carbons (Fsp3) is 0.250. The number of nitrogens with one attached hydrogen (secondary N) is 1. The molecule has 0 aliphatic rings. The van der Waals surface area contributed by atoms with Crippen molar-refractivity contribution in [2.75, 3.05) is 13.4 Å². The number of aromatic nitrogens is 2. The lowest BCUT2D eigenvalue weighted by Gasteiger charge is -2.16. The number of methoxy groups -OCH3 is 1. The molecule has 2 aromatic rings. The topological polar surface area (TPSA) is 81.2 Å². The number of ether oxygens (including phenoxy) is 1. The SMILES string of the molecule is COC(=O)[C@H](Cc1ccccc1)NC(=O)c1nc(SC)ncc1Cl. The van der Waals surface area contributed by atoms with Crippen molar-refractivity contribution in [3.63, 3.8) is 0 Å². The summed E-state index contributed by atoms with van der Waals surface area (Å²) in [6.45, 7) is 0. The summed E-state index contributed by atoms with van der Waals surface area (Å²) < 4.78 is 4.77. The van der Waals surface area contributed by atoms with E-state index in [2.05, 4.69) is 15.3 Å². The fourth-order valence-corrected chi connectivity index (χ4v) is 2.54. The zero-order valence-electron chi connectivity index (χ0n) is 13.2. The number of carbonyl (C=O) groups excluding carboxylic acids is 2. The van der Waals surface area contributed by atoms with Crippen molar-refractivity contribution in [3.05, 3.63) is 52.8 Å². The maximum atomic E-state index is 12.5. The lowest BCUT2D eigenvalue weighted by molar-refractivity contribution is -0.142. The minimum absolute atomic E-state index is 0.0259. The highest BCUT2D eigenvalue weighted by Gasteiger charge is 2.24. The quantitative estimate of drug-likeness (QED) is 0.481. The number of hydrogen-bond donors (Lipinski definition) is 1. The number of thioether (sulfide) groups is 1. The third-order valence-electron chi connectivity index (χ3n) is 3.19. The maximum Gasteiger partial charge on any atom is 0.328 e. The van der Waals surface area contributed by atoms with Crippen molar-refractivity contribution in [1.29, 1.82) is 0 Å². The molecule has 126 valence electrons. The van der Waals surface area contributed by atoms with Crippen LogP contribution in [0.1, 0.15) is 16.1 Å². The number of amides is 1. The third-order valence-corrected chi connectivity index (χ3v) is 4.03. The summed E-state index contributed by atoms with van der Waals surface area (Å²) in [7, 11) is 1.27. The standard InChI is InChI=1S/C16H16ClN3O3S/c1-23-15(22)12(8-10-6-4-3-5-7-10)19-14(21)13-11(17)9-18-16(20-13)24-2/h3-7,9,12H,8H2,1-2H3,(H,19,21)/t12-/m0/s1. The van der Waals surface area contributed by atoms with E-state index in [0.717, 1.165) is 5.56 Å². The zero-order chi connectivity index (χ0) is 17.5. The van der Waals surface area contributed by atoms with Gasteiger partial charge in [0.25, 0.3) is 5.91 Å². The first kappa shape index (κ1) is 18.2. The second-order valence-electron chi connectivity index (χ2n) is 4.79. The molecule has 8 heteroatoms. The molecule has 0 bridgehead atoms. The number of nitrogens with zero attached hydrogens (tertiary/aromatic N) is 2. The third kappa shape index (κ3) is 4.69. The van der Waals surface area contributed by atoms with Crippen molar-refractivity contribution in [2.24, 2.45) is 0 Å². The second-order valence-corrected chi connectivity index (χ2v) is 5.97. The van der Waals surface area contributed by atoms with Crippen molar-refractivity contribution >= 4 is 35.2 Å². The summed E-state index contributed by atoms with van der Waals surface area (Å²) in [5, 5.41) is 3.16. The van der Waals surface area contributed by atoms with Crippen LogP contribution in [0.25, 0.3) is 0 Å². The number of esters is 1. The van der Waals surface area contributed by atoms with Gasteiger partial charge in [-0.2, -0.15) is 0 Å². The van der Waals surface area contributed by atoms with Crippen LogP contribution in [0, 0.1) is 0 Å². The predicted octanol–water partition coefficient (Wildman–Crippen LogP) is 2.37. The highest BCUT2D eigenvalue weighted by molar-refractivity contribution is 7.98. The molecule has 0 aliphatic heterocycles. The molecule has 1 amide bonds. The predicted molar refractivity (Wildman–Crippen MR) is 92.2 cm³/mol. The van der Waals surface area contributed by atoms with Gasteiger partial charge >= 0.3 is 5.97 Å². The van der Waals surface area contributed by atoms with Gasteiger partial charge in [-0.05, 0) is 11.8 Å². The summed E-state index contributed by atoms with van der Waals surface area (Å²) in [5.41, 5.74) is 0.921. The number of carbonyl (C=O) groups is 2. The lowest BCUT2D eigenvalue weighted by Crippen LogP contribution is -2.43. The second kappa shape index (κ2) is 8.65. The molecule has 0 unspecified atom stereocenters. The van der Waals surface area contributed by atoms with Gasteiger partial charge in [-0.1, -0.05) is 53.7 Å². The Morgan fingerprint density at radius 3 is 2.67 bits per heavy atom. The van der Waals surface area contributed by atoms with Crippen LogP contribution in [0.5, 0.6) is 0 Å². The Morgan fingerprint density at radius 1 is 1.33 bits per heavy atom. The minimum Gasteiger partial charge on any atom is -0.467 e. The Labute approximate surface area is 149 Å². The van der Waals surface area contributed by atoms with Crippen LogP contribution >= 0.6 is 23.4 Å². The molecule has 2 rings (SSSR count). The first-order chi connectivity index (χ1) is 11.5. The van der Waals surface area contributed by atoms with Gasteiger partial charge in [0, 0.05) is 6.42 Å². The molecule has 0 radical (unpaired) electrons. The average Bonchev–Trinajstić information content (AvgIpc) is 2.61. The normalized spacial score (nSPS) is 11.6. The molecular weight excluding hydrogens is 350 g/mol. The summed E-state index contributed by atoms with van der Waals surface area (Å²) in [6.07, 6.45) is 3.45. The van der Waals surface area contributed by atoms with Gasteiger partial charge < -0.3 is 10.1 Å². The molecular formula is C16H16ClN3O3S. The van der Waals surface area contributed by atoms with Crippen LogP contribution in [0.2, 0.25) is 5.02 Å². The van der Waals surface area contributed by atoms with Gasteiger partial charge in [0.15, 0.2) is 10.9 Å². The van der Waals surface area contributed by atoms with E-state index < -0.39 is 17.9 Å². The van der Waals surface area contributed by atoms with Crippen molar-refractivity contribution < 1.29 is 14.3 Å². The summed E-state index contributed by atoms with van der Waals surface area (Å²) in [6, 6.07) is 8.49. The monoisotopic (exact) mass is 365 g/mol. The molecule has 24 heavy (non-hydrogen) atoms. The van der Waals surface area contributed by atoms with E-state index in [4.69, 9.17) is 16.3 Å². The summed E-state index contributed by atoms with van der Waals surface area (Å²) >= 11 is 7.28. The number of halogens is 1. The van der Waals surface area contributed by atoms with E-state index in [1.165, 1.54) is 25.1 Å². The highest BCUT2D eigenvalue weighted by Crippen LogP contribution is 2.17. The molecule has 1 heterocycles. The first-order valence-electron chi connectivity index (χ1n) is 7.04. The van der Waals surface area contributed by atoms with Crippen molar-refractivity contribution in [3.8, 4) is 0 Å². The van der Waals surface area contributed by atoms with Crippen LogP contribution in [-0.4, -0.2) is 41.3 Å². The number of benzene rings is 1. The lowest BCUT2D eigenvalue weighted by atomic mass is 10.1. The van der Waals surface area contributed by atoms with E-state index in [1.54, 1.807) is 6.26 Å². The van der Waals surface area contributed by atoms with Crippen LogP contribution in [-0.2, 0) is 16.0 Å². The van der Waals surface area contributed by atoms with Gasteiger partial charge in [-0.15, -0.1) is 0 Å². The van der Waals surface area contributed by atoms with Crippen LogP contribution in [0.15, 0.2) is 41.7 Å². The van der Waals surface area contributed by atoms with Crippen LogP contribution in [0.4, 0.5) is 0 Å². The first-order valence-corrected chi connectivity index (χ1v) is 8.64. The molecule has 1 atom stereocenters. The van der Waals surface area contributed by atoms with Gasteiger partial charge in [0.2, 0.25) is 0 Å². The minimum atomic E-state index is -0.839. The Hall–Kier alpha value is -2.12. The number of rotatable bonds is 6. The molecule has 1 aromatic heterocycles. The zero-order valence-corrected chi connectivity index (χ0v) is 14.7. The van der Waals surface area contributed by atoms with Crippen molar-refractivity contribution in [2.45, 2.75) is 17.6 Å². The average molecular weight is 366 g/mol. The molecule has 0 fully saturated rings. The summed E-state index contributed by atoms with van der Waals surface area (Å²) in [5.74, 6) is -1.09. The fourth-order valence-electron chi connectivity index (χ4n) is 2.02. The molecule has 1 N–H and O–H groups in total. The molecule has 1 aromatic carbocycles. The maximum absolute atomic E-state index is 12.5. The van der Waals surface area contributed by atoms with E-state index in [-0.39, 0.29) is 10.7 Å². The van der Waals surface area contributed by atoms with Gasteiger partial charge in [0.1, 0.15) is 6.04 Å². The van der Waals surface area contributed by atoms with Gasteiger partial charge in [-0.3, -0.25) is 4.79 Å². The highest BCUT2D eigenvalue weighted by atomic mass is 35.5. The Bertz CT molecular complexity index is 728. The van der Waals surface area contributed by atoms with Crippen molar-refractivity contribution in [1.82, 2.24) is 15.3 Å². The molecule has 0 saturated carbocycles. The molecule has 0 aliphatic carbocycles. The Balaban J connectivity index is 2.20. The van der Waals surface area contributed by atoms with E-state index >= 15 is 0 Å². The van der Waals surface area contributed by atoms with Crippen LogP contribution in [0.3, 0.4) is 0 Å². The molecule has 0 spiro atoms. The Morgan fingerprint density at radius 2 is 2.04 bits per heavy atom. The van der Waals surface area contributed by atoms with E-state index in [1.807, 2.05) is 30.3 Å². The number of hydrogen-bond acceptors (Lipinski definition) is 6.